The maximum absolute atomic E-state index is 11.8. The van der Waals surface area contributed by atoms with Crippen LogP contribution in [0.1, 0.15) is 26.3 Å². The molecule has 0 atom stereocenters. The zero-order valence-corrected chi connectivity index (χ0v) is 10.8. The fourth-order valence-corrected chi connectivity index (χ4v) is 1.92. The standard InChI is InChI=1S/C14H14O5/c1-17-13(15)9-7-11(14(16)18-2)10-5-3-4-6-19-12(10)8-9/h3-4,7-8H,5-6H2,1-2H3. The van der Waals surface area contributed by atoms with Crippen LogP contribution in [-0.2, 0) is 15.9 Å². The summed E-state index contributed by atoms with van der Waals surface area (Å²) in [4.78, 5) is 23.4. The van der Waals surface area contributed by atoms with Crippen molar-refractivity contribution in [2.24, 2.45) is 0 Å². The van der Waals surface area contributed by atoms with E-state index in [0.717, 1.165) is 0 Å². The smallest absolute Gasteiger partial charge is 0.338 e. The number of hydrogen-bond acceptors (Lipinski definition) is 5. The molecule has 100 valence electrons. The Morgan fingerprint density at radius 1 is 1.11 bits per heavy atom. The van der Waals surface area contributed by atoms with Crippen LogP contribution in [0.25, 0.3) is 0 Å². The van der Waals surface area contributed by atoms with Gasteiger partial charge in [0, 0.05) is 5.56 Å². The molecule has 0 aliphatic carbocycles. The molecule has 5 heteroatoms. The number of carbonyl (C=O) groups is 2. The highest BCUT2D eigenvalue weighted by Crippen LogP contribution is 2.28. The molecule has 1 aliphatic heterocycles. The van der Waals surface area contributed by atoms with Gasteiger partial charge in [-0.3, -0.25) is 0 Å². The maximum atomic E-state index is 11.8. The zero-order valence-electron chi connectivity index (χ0n) is 10.8. The van der Waals surface area contributed by atoms with Crippen molar-refractivity contribution in [1.29, 1.82) is 0 Å². The molecule has 0 unspecified atom stereocenters. The molecule has 0 saturated heterocycles. The molecule has 1 heterocycles. The van der Waals surface area contributed by atoms with Gasteiger partial charge in [0.05, 0.1) is 25.3 Å². The van der Waals surface area contributed by atoms with Crippen LogP contribution in [0.5, 0.6) is 5.75 Å². The van der Waals surface area contributed by atoms with Gasteiger partial charge in [-0.2, -0.15) is 0 Å². The first-order valence-corrected chi connectivity index (χ1v) is 5.78. The molecular weight excluding hydrogens is 248 g/mol. The fourth-order valence-electron chi connectivity index (χ4n) is 1.92. The summed E-state index contributed by atoms with van der Waals surface area (Å²) >= 11 is 0. The number of allylic oxidation sites excluding steroid dienone is 1. The van der Waals surface area contributed by atoms with Gasteiger partial charge in [0.2, 0.25) is 0 Å². The lowest BCUT2D eigenvalue weighted by molar-refractivity contribution is 0.0597. The lowest BCUT2D eigenvalue weighted by Crippen LogP contribution is -2.11. The summed E-state index contributed by atoms with van der Waals surface area (Å²) < 4.78 is 14.9. The molecule has 0 N–H and O–H groups in total. The summed E-state index contributed by atoms with van der Waals surface area (Å²) in [5.74, 6) is -0.511. The molecule has 0 radical (unpaired) electrons. The predicted octanol–water partition coefficient (Wildman–Crippen LogP) is 1.75. The van der Waals surface area contributed by atoms with Crippen molar-refractivity contribution in [3.63, 3.8) is 0 Å². The molecular formula is C14H14O5. The van der Waals surface area contributed by atoms with Gasteiger partial charge in [0.15, 0.2) is 0 Å². The average Bonchev–Trinajstić information content (AvgIpc) is 2.69. The van der Waals surface area contributed by atoms with E-state index < -0.39 is 11.9 Å². The molecule has 0 amide bonds. The van der Waals surface area contributed by atoms with Gasteiger partial charge in [-0.25, -0.2) is 9.59 Å². The summed E-state index contributed by atoms with van der Waals surface area (Å²) in [6.45, 7) is 0.401. The molecule has 2 rings (SSSR count). The quantitative estimate of drug-likeness (QED) is 0.600. The Morgan fingerprint density at radius 3 is 2.53 bits per heavy atom. The second kappa shape index (κ2) is 5.56. The Balaban J connectivity index is 2.57. The summed E-state index contributed by atoms with van der Waals surface area (Å²) in [6.07, 6.45) is 4.33. The van der Waals surface area contributed by atoms with Crippen LogP contribution >= 0.6 is 0 Å². The normalized spacial score (nSPS) is 12.9. The van der Waals surface area contributed by atoms with Crippen LogP contribution in [0.2, 0.25) is 0 Å². The van der Waals surface area contributed by atoms with E-state index in [0.29, 0.717) is 29.9 Å². The number of esters is 2. The lowest BCUT2D eigenvalue weighted by atomic mass is 10.00. The van der Waals surface area contributed by atoms with Crippen molar-refractivity contribution in [3.05, 3.63) is 41.0 Å². The minimum Gasteiger partial charge on any atom is -0.489 e. The Hall–Kier alpha value is -2.30. The number of rotatable bonds is 2. The van der Waals surface area contributed by atoms with E-state index in [2.05, 4.69) is 4.74 Å². The fraction of sp³-hybridized carbons (Fsp3) is 0.286. The third-order valence-electron chi connectivity index (χ3n) is 2.86. The molecule has 1 aliphatic rings. The topological polar surface area (TPSA) is 61.8 Å². The largest absolute Gasteiger partial charge is 0.489 e. The van der Waals surface area contributed by atoms with Gasteiger partial charge in [0.1, 0.15) is 12.4 Å². The highest BCUT2D eigenvalue weighted by atomic mass is 16.5. The number of benzene rings is 1. The monoisotopic (exact) mass is 262 g/mol. The molecule has 0 bridgehead atoms. The van der Waals surface area contributed by atoms with Crippen molar-refractivity contribution in [3.8, 4) is 5.75 Å². The third kappa shape index (κ3) is 2.59. The van der Waals surface area contributed by atoms with Gasteiger partial charge >= 0.3 is 11.9 Å². The van der Waals surface area contributed by atoms with Gasteiger partial charge in [0.25, 0.3) is 0 Å². The molecule has 0 fully saturated rings. The number of hydrogen-bond donors (Lipinski definition) is 0. The summed E-state index contributed by atoms with van der Waals surface area (Å²) in [5, 5.41) is 0. The van der Waals surface area contributed by atoms with Crippen molar-refractivity contribution in [1.82, 2.24) is 0 Å². The Morgan fingerprint density at radius 2 is 1.84 bits per heavy atom. The van der Waals surface area contributed by atoms with Gasteiger partial charge < -0.3 is 14.2 Å². The minimum absolute atomic E-state index is 0.267. The van der Waals surface area contributed by atoms with Crippen molar-refractivity contribution >= 4 is 11.9 Å². The van der Waals surface area contributed by atoms with E-state index in [-0.39, 0.29) is 5.56 Å². The number of carbonyl (C=O) groups excluding carboxylic acids is 2. The van der Waals surface area contributed by atoms with Crippen LogP contribution in [0.15, 0.2) is 24.3 Å². The first-order chi connectivity index (χ1) is 9.17. The van der Waals surface area contributed by atoms with E-state index in [9.17, 15) is 9.59 Å². The Bertz CT molecular complexity index is 545. The van der Waals surface area contributed by atoms with Gasteiger partial charge in [-0.15, -0.1) is 0 Å². The van der Waals surface area contributed by atoms with Crippen LogP contribution in [0.3, 0.4) is 0 Å². The molecule has 1 aromatic carbocycles. The van der Waals surface area contributed by atoms with E-state index in [1.807, 2.05) is 12.2 Å². The average molecular weight is 262 g/mol. The van der Waals surface area contributed by atoms with Gasteiger partial charge in [-0.05, 0) is 18.6 Å². The molecule has 5 nitrogen and oxygen atoms in total. The number of methoxy groups -OCH3 is 2. The minimum atomic E-state index is -0.520. The van der Waals surface area contributed by atoms with Crippen molar-refractivity contribution in [2.75, 3.05) is 20.8 Å². The van der Waals surface area contributed by atoms with Crippen LogP contribution < -0.4 is 4.74 Å². The van der Waals surface area contributed by atoms with E-state index in [4.69, 9.17) is 9.47 Å². The molecule has 0 spiro atoms. The first-order valence-electron chi connectivity index (χ1n) is 5.78. The van der Waals surface area contributed by atoms with Crippen molar-refractivity contribution in [2.45, 2.75) is 6.42 Å². The predicted molar refractivity (Wildman–Crippen MR) is 67.5 cm³/mol. The van der Waals surface area contributed by atoms with Crippen LogP contribution in [0, 0.1) is 0 Å². The maximum Gasteiger partial charge on any atom is 0.338 e. The summed E-state index contributed by atoms with van der Waals surface area (Å²) in [7, 11) is 2.58. The van der Waals surface area contributed by atoms with E-state index in [1.54, 1.807) is 6.07 Å². The molecule has 1 aromatic rings. The highest BCUT2D eigenvalue weighted by Gasteiger charge is 2.21. The highest BCUT2D eigenvalue weighted by molar-refractivity contribution is 5.97. The van der Waals surface area contributed by atoms with E-state index >= 15 is 0 Å². The molecule has 0 saturated carbocycles. The zero-order chi connectivity index (χ0) is 13.8. The van der Waals surface area contributed by atoms with E-state index in [1.165, 1.54) is 20.3 Å². The van der Waals surface area contributed by atoms with Crippen LogP contribution in [-0.4, -0.2) is 32.8 Å². The lowest BCUT2D eigenvalue weighted by Gasteiger charge is -2.13. The second-order valence-electron chi connectivity index (χ2n) is 3.97. The number of fused-ring (bicyclic) bond motifs is 1. The number of ether oxygens (including phenoxy) is 3. The van der Waals surface area contributed by atoms with Crippen molar-refractivity contribution < 1.29 is 23.8 Å². The second-order valence-corrected chi connectivity index (χ2v) is 3.97. The third-order valence-corrected chi connectivity index (χ3v) is 2.86. The molecule has 0 aromatic heterocycles. The Labute approximate surface area is 110 Å². The Kier molecular flexibility index (Phi) is 3.85. The first kappa shape index (κ1) is 13.1. The van der Waals surface area contributed by atoms with Gasteiger partial charge in [-0.1, -0.05) is 12.2 Å². The SMILES string of the molecule is COC(=O)c1cc2c(c(C(=O)OC)c1)CC=CCO2. The summed E-state index contributed by atoms with van der Waals surface area (Å²) in [5.41, 5.74) is 1.31. The summed E-state index contributed by atoms with van der Waals surface area (Å²) in [6, 6.07) is 3.06. The van der Waals surface area contributed by atoms with Crippen LogP contribution in [0.4, 0.5) is 0 Å². The molecule has 19 heavy (non-hydrogen) atoms.